The molecule has 0 N–H and O–H groups in total. The van der Waals surface area contributed by atoms with E-state index in [9.17, 15) is 14.0 Å². The molecule has 2 heterocycles. The predicted molar refractivity (Wildman–Crippen MR) is 92.3 cm³/mol. The summed E-state index contributed by atoms with van der Waals surface area (Å²) in [5.41, 5.74) is 2.51. The van der Waals surface area contributed by atoms with Gasteiger partial charge in [-0.2, -0.15) is 0 Å². The van der Waals surface area contributed by atoms with Gasteiger partial charge in [0.1, 0.15) is 11.4 Å². The maximum atomic E-state index is 14.3. The van der Waals surface area contributed by atoms with Crippen LogP contribution in [0.3, 0.4) is 0 Å². The number of amides is 1. The van der Waals surface area contributed by atoms with Crippen molar-refractivity contribution in [3.05, 3.63) is 80.5 Å². The van der Waals surface area contributed by atoms with Crippen molar-refractivity contribution in [2.24, 2.45) is 0 Å². The Morgan fingerprint density at radius 3 is 2.48 bits per heavy atom. The molecule has 25 heavy (non-hydrogen) atoms. The first-order chi connectivity index (χ1) is 11.9. The molecule has 1 amide bonds. The minimum absolute atomic E-state index is 0.00324. The van der Waals surface area contributed by atoms with E-state index in [0.717, 1.165) is 11.1 Å². The topological polar surface area (TPSA) is 50.5 Å². The number of fused-ring (bicyclic) bond motifs is 2. The van der Waals surface area contributed by atoms with E-state index < -0.39 is 17.8 Å². The normalized spacial score (nSPS) is 16.6. The quantitative estimate of drug-likeness (QED) is 0.680. The number of benzene rings is 2. The molecule has 0 spiro atoms. The number of halogens is 1. The van der Waals surface area contributed by atoms with E-state index in [1.807, 2.05) is 13.8 Å². The Morgan fingerprint density at radius 2 is 1.76 bits per heavy atom. The number of rotatable bonds is 1. The molecule has 0 radical (unpaired) electrons. The highest BCUT2D eigenvalue weighted by Crippen LogP contribution is 2.38. The lowest BCUT2D eigenvalue weighted by Gasteiger charge is -2.20. The van der Waals surface area contributed by atoms with Crippen molar-refractivity contribution >= 4 is 16.9 Å². The lowest BCUT2D eigenvalue weighted by Crippen LogP contribution is -2.25. The van der Waals surface area contributed by atoms with Gasteiger partial charge < -0.3 is 9.32 Å². The molecule has 1 aliphatic rings. The number of aryl methyl sites for hydroxylation is 2. The second kappa shape index (κ2) is 5.28. The van der Waals surface area contributed by atoms with Crippen molar-refractivity contribution in [3.63, 3.8) is 0 Å². The molecule has 0 saturated heterocycles. The van der Waals surface area contributed by atoms with Crippen LogP contribution in [0.15, 0.2) is 45.6 Å². The molecular formula is C20H16FNO3. The SMILES string of the molecule is Cc1cc2oc3c(c(=O)c2cc1C)C(c1ccccc1F)N(C)C3=O. The number of nitrogens with zero attached hydrogens (tertiary/aromatic N) is 1. The third-order valence-corrected chi connectivity index (χ3v) is 4.92. The second-order valence-corrected chi connectivity index (χ2v) is 6.45. The van der Waals surface area contributed by atoms with E-state index in [4.69, 9.17) is 4.42 Å². The summed E-state index contributed by atoms with van der Waals surface area (Å²) >= 11 is 0. The van der Waals surface area contributed by atoms with Gasteiger partial charge in [0, 0.05) is 12.6 Å². The van der Waals surface area contributed by atoms with Crippen LogP contribution < -0.4 is 5.43 Å². The second-order valence-electron chi connectivity index (χ2n) is 6.45. The fourth-order valence-electron chi connectivity index (χ4n) is 3.40. The summed E-state index contributed by atoms with van der Waals surface area (Å²) in [4.78, 5) is 27.1. The first kappa shape index (κ1) is 15.6. The van der Waals surface area contributed by atoms with Gasteiger partial charge in [-0.3, -0.25) is 9.59 Å². The Kier molecular flexibility index (Phi) is 3.29. The largest absolute Gasteiger partial charge is 0.450 e. The van der Waals surface area contributed by atoms with Crippen molar-refractivity contribution in [2.45, 2.75) is 19.9 Å². The van der Waals surface area contributed by atoms with Gasteiger partial charge in [-0.15, -0.1) is 0 Å². The minimum Gasteiger partial charge on any atom is -0.450 e. The highest BCUT2D eigenvalue weighted by molar-refractivity contribution is 5.99. The Hall–Kier alpha value is -2.95. The van der Waals surface area contributed by atoms with Crippen molar-refractivity contribution in [1.82, 2.24) is 4.90 Å². The minimum atomic E-state index is -0.786. The Bertz CT molecular complexity index is 1100. The van der Waals surface area contributed by atoms with Gasteiger partial charge >= 0.3 is 0 Å². The Balaban J connectivity index is 2.08. The van der Waals surface area contributed by atoms with Crippen LogP contribution in [0.5, 0.6) is 0 Å². The molecule has 1 atom stereocenters. The molecule has 126 valence electrons. The van der Waals surface area contributed by atoms with Crippen LogP contribution in [0, 0.1) is 19.7 Å². The van der Waals surface area contributed by atoms with Gasteiger partial charge in [0.25, 0.3) is 5.91 Å². The summed E-state index contributed by atoms with van der Waals surface area (Å²) in [5.74, 6) is -0.878. The van der Waals surface area contributed by atoms with Crippen molar-refractivity contribution < 1.29 is 13.6 Å². The van der Waals surface area contributed by atoms with E-state index >= 15 is 0 Å². The zero-order valence-electron chi connectivity index (χ0n) is 14.1. The van der Waals surface area contributed by atoms with Crippen molar-refractivity contribution in [1.29, 1.82) is 0 Å². The van der Waals surface area contributed by atoms with E-state index in [2.05, 4.69) is 0 Å². The van der Waals surface area contributed by atoms with Gasteiger partial charge in [-0.1, -0.05) is 18.2 Å². The Morgan fingerprint density at radius 1 is 1.08 bits per heavy atom. The summed E-state index contributed by atoms with van der Waals surface area (Å²) < 4.78 is 20.1. The highest BCUT2D eigenvalue weighted by atomic mass is 19.1. The molecule has 0 aliphatic carbocycles. The third-order valence-electron chi connectivity index (χ3n) is 4.92. The molecule has 1 aromatic heterocycles. The summed E-state index contributed by atoms with van der Waals surface area (Å²) in [6.45, 7) is 3.82. The number of carbonyl (C=O) groups excluding carboxylic acids is 1. The van der Waals surface area contributed by atoms with Crippen LogP contribution in [-0.4, -0.2) is 17.9 Å². The van der Waals surface area contributed by atoms with Crippen molar-refractivity contribution in [3.8, 4) is 0 Å². The molecule has 1 aliphatic heterocycles. The average molecular weight is 337 g/mol. The maximum absolute atomic E-state index is 14.3. The summed E-state index contributed by atoms with van der Waals surface area (Å²) in [7, 11) is 1.55. The maximum Gasteiger partial charge on any atom is 0.290 e. The summed E-state index contributed by atoms with van der Waals surface area (Å²) in [6.07, 6.45) is 0. The highest BCUT2D eigenvalue weighted by Gasteiger charge is 2.41. The van der Waals surface area contributed by atoms with Crippen LogP contribution in [0.25, 0.3) is 11.0 Å². The van der Waals surface area contributed by atoms with Crippen LogP contribution in [0.4, 0.5) is 4.39 Å². The fraction of sp³-hybridized carbons (Fsp3) is 0.200. The zero-order valence-corrected chi connectivity index (χ0v) is 14.1. The van der Waals surface area contributed by atoms with Gasteiger partial charge in [0.05, 0.1) is 17.0 Å². The van der Waals surface area contributed by atoms with E-state index in [-0.39, 0.29) is 22.3 Å². The van der Waals surface area contributed by atoms with Crippen LogP contribution in [0.2, 0.25) is 0 Å². The first-order valence-corrected chi connectivity index (χ1v) is 7.99. The molecule has 0 fully saturated rings. The smallest absolute Gasteiger partial charge is 0.290 e. The van der Waals surface area contributed by atoms with Crippen LogP contribution in [0.1, 0.15) is 38.9 Å². The van der Waals surface area contributed by atoms with E-state index in [1.165, 1.54) is 11.0 Å². The molecule has 4 nitrogen and oxygen atoms in total. The zero-order chi connectivity index (χ0) is 17.9. The van der Waals surface area contributed by atoms with Gasteiger partial charge in [0.2, 0.25) is 5.76 Å². The molecule has 0 bridgehead atoms. The average Bonchev–Trinajstić information content (AvgIpc) is 2.83. The summed E-state index contributed by atoms with van der Waals surface area (Å²) in [6, 6.07) is 8.90. The van der Waals surface area contributed by atoms with Crippen LogP contribution in [-0.2, 0) is 0 Å². The fourth-order valence-corrected chi connectivity index (χ4v) is 3.40. The number of hydrogen-bond donors (Lipinski definition) is 0. The molecule has 1 unspecified atom stereocenters. The van der Waals surface area contributed by atoms with Gasteiger partial charge in [-0.05, 0) is 43.2 Å². The molecule has 4 rings (SSSR count). The molecule has 2 aromatic carbocycles. The number of carbonyl (C=O) groups is 1. The summed E-state index contributed by atoms with van der Waals surface area (Å²) in [5, 5.41) is 0.409. The lowest BCUT2D eigenvalue weighted by atomic mass is 9.97. The monoisotopic (exact) mass is 337 g/mol. The van der Waals surface area contributed by atoms with E-state index in [1.54, 1.807) is 37.4 Å². The number of hydrogen-bond acceptors (Lipinski definition) is 3. The standard InChI is InChI=1S/C20H16FNO3/c1-10-8-13-15(9-11(10)2)25-19-16(18(13)23)17(22(3)20(19)24)12-6-4-5-7-14(12)21/h4-9,17H,1-3H3. The molecule has 0 saturated carbocycles. The van der Waals surface area contributed by atoms with E-state index in [0.29, 0.717) is 11.0 Å². The third kappa shape index (κ3) is 2.12. The molecular weight excluding hydrogens is 321 g/mol. The lowest BCUT2D eigenvalue weighted by molar-refractivity contribution is 0.0770. The van der Waals surface area contributed by atoms with Crippen LogP contribution >= 0.6 is 0 Å². The molecule has 5 heteroatoms. The Labute approximate surface area is 143 Å². The molecule has 3 aromatic rings. The predicted octanol–water partition coefficient (Wildman–Crippen LogP) is 3.72. The van der Waals surface area contributed by atoms with Gasteiger partial charge in [0.15, 0.2) is 5.43 Å². The van der Waals surface area contributed by atoms with Gasteiger partial charge in [-0.25, -0.2) is 4.39 Å². The van der Waals surface area contributed by atoms with Crippen molar-refractivity contribution in [2.75, 3.05) is 7.05 Å². The first-order valence-electron chi connectivity index (χ1n) is 7.99.